The molecule has 1 aliphatic rings. The maximum Gasteiger partial charge on any atom is 0.411 e. The van der Waals surface area contributed by atoms with E-state index in [0.29, 0.717) is 23.6 Å². The van der Waals surface area contributed by atoms with Gasteiger partial charge in [-0.15, -0.1) is 0 Å². The van der Waals surface area contributed by atoms with Gasteiger partial charge in [0.25, 0.3) is 5.91 Å². The molecule has 8 heteroatoms. The van der Waals surface area contributed by atoms with Crippen molar-refractivity contribution >= 4 is 23.5 Å². The first kappa shape index (κ1) is 18.8. The van der Waals surface area contributed by atoms with E-state index in [0.717, 1.165) is 11.3 Å². The van der Waals surface area contributed by atoms with Crippen LogP contribution in [0.2, 0.25) is 0 Å². The SMILES string of the molecule is CC(C)(C)OC(=O)N1Cc2c(NC(=O)c3cccc(N)c3)n[nH]c2C1(C)C. The van der Waals surface area contributed by atoms with E-state index in [1.54, 1.807) is 29.2 Å². The number of H-pyrrole nitrogens is 1. The number of carbonyl (C=O) groups excluding carboxylic acids is 2. The van der Waals surface area contributed by atoms with Gasteiger partial charge in [-0.2, -0.15) is 5.10 Å². The summed E-state index contributed by atoms with van der Waals surface area (Å²) in [5, 5.41) is 9.97. The molecule has 0 spiro atoms. The molecular formula is C19H25N5O3. The molecule has 1 aliphatic heterocycles. The molecule has 3 rings (SSSR count). The third-order valence-electron chi connectivity index (χ3n) is 4.46. The van der Waals surface area contributed by atoms with Crippen molar-refractivity contribution in [3.8, 4) is 0 Å². The Labute approximate surface area is 158 Å². The van der Waals surface area contributed by atoms with Crippen LogP contribution in [0.15, 0.2) is 24.3 Å². The van der Waals surface area contributed by atoms with Crippen molar-refractivity contribution in [2.75, 3.05) is 11.1 Å². The summed E-state index contributed by atoms with van der Waals surface area (Å²) in [5.74, 6) is 0.0849. The van der Waals surface area contributed by atoms with E-state index in [-0.39, 0.29) is 5.91 Å². The molecule has 144 valence electrons. The minimum Gasteiger partial charge on any atom is -0.444 e. The van der Waals surface area contributed by atoms with E-state index < -0.39 is 17.2 Å². The number of hydrogen-bond donors (Lipinski definition) is 3. The average Bonchev–Trinajstić information content (AvgIpc) is 3.05. The number of aromatic amines is 1. The quantitative estimate of drug-likeness (QED) is 0.702. The smallest absolute Gasteiger partial charge is 0.411 e. The Bertz CT molecular complexity index is 895. The summed E-state index contributed by atoms with van der Waals surface area (Å²) in [4.78, 5) is 26.7. The predicted octanol–water partition coefficient (Wildman–Crippen LogP) is 3.23. The van der Waals surface area contributed by atoms with Crippen molar-refractivity contribution in [2.45, 2.75) is 52.3 Å². The second-order valence-corrected chi connectivity index (χ2v) is 8.13. The highest BCUT2D eigenvalue weighted by Crippen LogP contribution is 2.41. The van der Waals surface area contributed by atoms with E-state index in [4.69, 9.17) is 10.5 Å². The van der Waals surface area contributed by atoms with Crippen LogP contribution in [0.25, 0.3) is 0 Å². The van der Waals surface area contributed by atoms with Crippen molar-refractivity contribution in [3.63, 3.8) is 0 Å². The third kappa shape index (κ3) is 3.60. The highest BCUT2D eigenvalue weighted by molar-refractivity contribution is 6.04. The summed E-state index contributed by atoms with van der Waals surface area (Å²) in [5.41, 5.74) is 7.00. The monoisotopic (exact) mass is 371 g/mol. The van der Waals surface area contributed by atoms with Gasteiger partial charge in [0.05, 0.1) is 17.8 Å². The number of fused-ring (bicyclic) bond motifs is 1. The van der Waals surface area contributed by atoms with Crippen molar-refractivity contribution in [2.24, 2.45) is 0 Å². The molecule has 2 aromatic rings. The zero-order chi connectivity index (χ0) is 20.0. The van der Waals surface area contributed by atoms with Crippen molar-refractivity contribution in [3.05, 3.63) is 41.1 Å². The zero-order valence-electron chi connectivity index (χ0n) is 16.2. The molecule has 27 heavy (non-hydrogen) atoms. The van der Waals surface area contributed by atoms with Crippen LogP contribution in [-0.4, -0.2) is 32.7 Å². The number of nitrogens with zero attached hydrogens (tertiary/aromatic N) is 2. The van der Waals surface area contributed by atoms with Gasteiger partial charge in [0, 0.05) is 16.8 Å². The summed E-state index contributed by atoms with van der Waals surface area (Å²) in [6.07, 6.45) is -0.412. The minimum atomic E-state index is -0.634. The number of nitrogen functional groups attached to an aromatic ring is 1. The van der Waals surface area contributed by atoms with Crippen LogP contribution in [0.4, 0.5) is 16.3 Å². The molecule has 2 amide bonds. The maximum atomic E-state index is 12.6. The van der Waals surface area contributed by atoms with Crippen molar-refractivity contribution < 1.29 is 14.3 Å². The third-order valence-corrected chi connectivity index (χ3v) is 4.46. The summed E-state index contributed by atoms with van der Waals surface area (Å²) in [7, 11) is 0. The largest absolute Gasteiger partial charge is 0.444 e. The highest BCUT2D eigenvalue weighted by Gasteiger charge is 2.45. The Kier molecular flexibility index (Phi) is 4.37. The number of rotatable bonds is 2. The zero-order valence-corrected chi connectivity index (χ0v) is 16.2. The molecule has 0 radical (unpaired) electrons. The molecule has 0 atom stereocenters. The number of nitrogens with two attached hydrogens (primary N) is 1. The van der Waals surface area contributed by atoms with Crippen LogP contribution in [-0.2, 0) is 16.8 Å². The number of ether oxygens (including phenoxy) is 1. The van der Waals surface area contributed by atoms with Gasteiger partial charge in [0.2, 0.25) is 0 Å². The lowest BCUT2D eigenvalue weighted by Gasteiger charge is -2.33. The van der Waals surface area contributed by atoms with Gasteiger partial charge in [-0.3, -0.25) is 14.8 Å². The van der Waals surface area contributed by atoms with Gasteiger partial charge in [-0.05, 0) is 52.8 Å². The molecule has 0 saturated carbocycles. The summed E-state index contributed by atoms with van der Waals surface area (Å²) in [6, 6.07) is 6.70. The number of anilines is 2. The number of benzene rings is 1. The summed E-state index contributed by atoms with van der Waals surface area (Å²) < 4.78 is 5.51. The fraction of sp³-hybridized carbons (Fsp3) is 0.421. The normalized spacial score (nSPS) is 15.4. The first-order valence-corrected chi connectivity index (χ1v) is 8.74. The molecule has 0 unspecified atom stereocenters. The number of carbonyl (C=O) groups is 2. The molecule has 0 saturated heterocycles. The van der Waals surface area contributed by atoms with Gasteiger partial charge in [0.1, 0.15) is 5.60 Å². The summed E-state index contributed by atoms with van der Waals surface area (Å²) >= 11 is 0. The van der Waals surface area contributed by atoms with E-state index in [1.165, 1.54) is 0 Å². The topological polar surface area (TPSA) is 113 Å². The molecule has 8 nitrogen and oxygen atoms in total. The van der Waals surface area contributed by atoms with E-state index in [9.17, 15) is 9.59 Å². The number of hydrogen-bond acceptors (Lipinski definition) is 5. The predicted molar refractivity (Wildman–Crippen MR) is 102 cm³/mol. The second-order valence-electron chi connectivity index (χ2n) is 8.13. The Balaban J connectivity index is 1.83. The van der Waals surface area contributed by atoms with Crippen LogP contribution in [0.1, 0.15) is 56.2 Å². The lowest BCUT2D eigenvalue weighted by atomic mass is 10.0. The Hall–Kier alpha value is -3.03. The van der Waals surface area contributed by atoms with Crippen molar-refractivity contribution in [1.29, 1.82) is 0 Å². The second kappa shape index (κ2) is 6.29. The summed E-state index contributed by atoms with van der Waals surface area (Å²) in [6.45, 7) is 9.58. The minimum absolute atomic E-state index is 0.292. The number of amides is 2. The first-order chi connectivity index (χ1) is 12.5. The lowest BCUT2D eigenvalue weighted by molar-refractivity contribution is 0.00452. The molecular weight excluding hydrogens is 346 g/mol. The fourth-order valence-corrected chi connectivity index (χ4v) is 3.09. The van der Waals surface area contributed by atoms with Crippen LogP contribution in [0.5, 0.6) is 0 Å². The van der Waals surface area contributed by atoms with Gasteiger partial charge < -0.3 is 15.8 Å². The van der Waals surface area contributed by atoms with Gasteiger partial charge in [-0.25, -0.2) is 4.79 Å². The molecule has 0 fully saturated rings. The van der Waals surface area contributed by atoms with Crippen LogP contribution in [0, 0.1) is 0 Å². The number of aromatic nitrogens is 2. The Morgan fingerprint density at radius 3 is 2.67 bits per heavy atom. The van der Waals surface area contributed by atoms with E-state index >= 15 is 0 Å². The standard InChI is InChI=1S/C19H25N5O3/c1-18(2,3)27-17(26)24-10-13-14(19(24,4)5)22-23-15(13)21-16(25)11-7-6-8-12(20)9-11/h6-9H,10,20H2,1-5H3,(H2,21,22,23,25). The Morgan fingerprint density at radius 2 is 2.04 bits per heavy atom. The first-order valence-electron chi connectivity index (χ1n) is 8.74. The van der Waals surface area contributed by atoms with E-state index in [1.807, 2.05) is 34.6 Å². The number of nitrogens with one attached hydrogen (secondary N) is 2. The molecule has 2 heterocycles. The Morgan fingerprint density at radius 1 is 1.33 bits per heavy atom. The van der Waals surface area contributed by atoms with Gasteiger partial charge >= 0.3 is 6.09 Å². The van der Waals surface area contributed by atoms with Crippen molar-refractivity contribution in [1.82, 2.24) is 15.1 Å². The molecule has 4 N–H and O–H groups in total. The van der Waals surface area contributed by atoms with Crippen LogP contribution >= 0.6 is 0 Å². The highest BCUT2D eigenvalue weighted by atomic mass is 16.6. The average molecular weight is 371 g/mol. The maximum absolute atomic E-state index is 12.6. The molecule has 1 aromatic carbocycles. The van der Waals surface area contributed by atoms with Crippen LogP contribution < -0.4 is 11.1 Å². The van der Waals surface area contributed by atoms with E-state index in [2.05, 4.69) is 15.5 Å². The fourth-order valence-electron chi connectivity index (χ4n) is 3.09. The molecule has 1 aromatic heterocycles. The molecule has 0 bridgehead atoms. The lowest BCUT2D eigenvalue weighted by Crippen LogP contribution is -2.43. The van der Waals surface area contributed by atoms with Gasteiger partial charge in [-0.1, -0.05) is 6.07 Å². The molecule has 0 aliphatic carbocycles. The van der Waals surface area contributed by atoms with Crippen LogP contribution in [0.3, 0.4) is 0 Å². The van der Waals surface area contributed by atoms with Gasteiger partial charge in [0.15, 0.2) is 5.82 Å².